The van der Waals surface area contributed by atoms with E-state index >= 15 is 0 Å². The molecule has 0 spiro atoms. The summed E-state index contributed by atoms with van der Waals surface area (Å²) in [5.41, 5.74) is 2.61. The van der Waals surface area contributed by atoms with Crippen LogP contribution < -0.4 is 10.2 Å². The molecule has 1 aromatic heterocycles. The standard InChI is InChI=1S/C23H22ClN3O3S/c1-14-20(31-22(25-14)18-9-2-3-10-19(18)24)21(28)26-16-7-5-11-27(13-16)17-8-4-6-15(12-17)23(29)30/h2-4,6,8-10,12,16H,5,7,11,13H2,1H3,(H,26,28)(H,29,30)/t16-/m0/s1. The lowest BCUT2D eigenvalue weighted by molar-refractivity contribution is 0.0696. The van der Waals surface area contributed by atoms with Crippen molar-refractivity contribution < 1.29 is 14.7 Å². The first-order valence-corrected chi connectivity index (χ1v) is 11.2. The van der Waals surface area contributed by atoms with E-state index in [1.165, 1.54) is 11.3 Å². The van der Waals surface area contributed by atoms with Crippen LogP contribution in [0.25, 0.3) is 10.6 Å². The number of carbonyl (C=O) groups is 2. The molecule has 0 aliphatic carbocycles. The second-order valence-electron chi connectivity index (χ2n) is 7.53. The molecule has 1 aliphatic heterocycles. The fraction of sp³-hybridized carbons (Fsp3) is 0.261. The highest BCUT2D eigenvalue weighted by Crippen LogP contribution is 2.33. The molecule has 6 nitrogen and oxygen atoms in total. The molecule has 4 rings (SSSR count). The van der Waals surface area contributed by atoms with Gasteiger partial charge in [-0.25, -0.2) is 9.78 Å². The van der Waals surface area contributed by atoms with E-state index in [-0.39, 0.29) is 17.5 Å². The van der Waals surface area contributed by atoms with Gasteiger partial charge in [0.2, 0.25) is 0 Å². The highest BCUT2D eigenvalue weighted by Gasteiger charge is 2.25. The number of amides is 1. The minimum absolute atomic E-state index is 0.0278. The van der Waals surface area contributed by atoms with E-state index < -0.39 is 5.97 Å². The molecule has 0 bridgehead atoms. The van der Waals surface area contributed by atoms with Crippen molar-refractivity contribution in [3.63, 3.8) is 0 Å². The molecule has 1 saturated heterocycles. The van der Waals surface area contributed by atoms with Gasteiger partial charge in [0.05, 0.1) is 16.3 Å². The van der Waals surface area contributed by atoms with Crippen LogP contribution in [0.3, 0.4) is 0 Å². The van der Waals surface area contributed by atoms with Gasteiger partial charge in [-0.15, -0.1) is 11.3 Å². The maximum Gasteiger partial charge on any atom is 0.335 e. The van der Waals surface area contributed by atoms with Gasteiger partial charge >= 0.3 is 5.97 Å². The fourth-order valence-electron chi connectivity index (χ4n) is 3.77. The summed E-state index contributed by atoms with van der Waals surface area (Å²) in [5, 5.41) is 13.7. The lowest BCUT2D eigenvalue weighted by atomic mass is 10.0. The van der Waals surface area contributed by atoms with E-state index in [2.05, 4.69) is 15.2 Å². The summed E-state index contributed by atoms with van der Waals surface area (Å²) < 4.78 is 0. The molecule has 2 aromatic carbocycles. The number of aromatic nitrogens is 1. The smallest absolute Gasteiger partial charge is 0.335 e. The number of piperidine rings is 1. The third-order valence-corrected chi connectivity index (χ3v) is 6.84. The van der Waals surface area contributed by atoms with Gasteiger partial charge in [0.1, 0.15) is 9.88 Å². The SMILES string of the molecule is Cc1nc(-c2ccccc2Cl)sc1C(=O)N[C@H]1CCCN(c2cccc(C(=O)O)c2)C1. The number of aromatic carboxylic acids is 1. The Balaban J connectivity index is 1.47. The topological polar surface area (TPSA) is 82.5 Å². The second kappa shape index (κ2) is 9.08. The summed E-state index contributed by atoms with van der Waals surface area (Å²) in [6, 6.07) is 14.3. The van der Waals surface area contributed by atoms with Crippen LogP contribution in [0.15, 0.2) is 48.5 Å². The molecule has 2 N–H and O–H groups in total. The number of hydrogen-bond acceptors (Lipinski definition) is 5. The quantitative estimate of drug-likeness (QED) is 0.573. The molecule has 0 radical (unpaired) electrons. The van der Waals surface area contributed by atoms with E-state index in [0.717, 1.165) is 35.6 Å². The number of hydrogen-bond donors (Lipinski definition) is 2. The van der Waals surface area contributed by atoms with Gasteiger partial charge in [0.25, 0.3) is 5.91 Å². The Morgan fingerprint density at radius 2 is 2.03 bits per heavy atom. The van der Waals surface area contributed by atoms with Gasteiger partial charge in [0, 0.05) is 30.4 Å². The Hall–Kier alpha value is -2.90. The van der Waals surface area contributed by atoms with Crippen LogP contribution in [0.1, 0.15) is 38.6 Å². The molecule has 1 aliphatic rings. The Kier molecular flexibility index (Phi) is 6.25. The van der Waals surface area contributed by atoms with Crippen molar-refractivity contribution in [3.05, 3.63) is 69.7 Å². The molecule has 1 atom stereocenters. The number of nitrogens with zero attached hydrogens (tertiary/aromatic N) is 2. The van der Waals surface area contributed by atoms with Crippen molar-refractivity contribution in [1.82, 2.24) is 10.3 Å². The number of carbonyl (C=O) groups excluding carboxylic acids is 1. The first-order valence-electron chi connectivity index (χ1n) is 10.0. The monoisotopic (exact) mass is 455 g/mol. The van der Waals surface area contributed by atoms with Crippen molar-refractivity contribution >= 4 is 40.5 Å². The number of halogens is 1. The molecule has 8 heteroatoms. The second-order valence-corrected chi connectivity index (χ2v) is 8.93. The molecule has 1 fully saturated rings. The lowest BCUT2D eigenvalue weighted by Crippen LogP contribution is -2.47. The Morgan fingerprint density at radius 3 is 2.81 bits per heavy atom. The van der Waals surface area contributed by atoms with Crippen molar-refractivity contribution in [2.75, 3.05) is 18.0 Å². The van der Waals surface area contributed by atoms with Gasteiger partial charge in [-0.3, -0.25) is 4.79 Å². The van der Waals surface area contributed by atoms with E-state index in [1.54, 1.807) is 18.2 Å². The number of carboxylic acids is 1. The minimum Gasteiger partial charge on any atom is -0.478 e. The molecule has 3 aromatic rings. The average molecular weight is 456 g/mol. The zero-order valence-corrected chi connectivity index (χ0v) is 18.5. The highest BCUT2D eigenvalue weighted by atomic mass is 35.5. The van der Waals surface area contributed by atoms with Crippen molar-refractivity contribution in [2.24, 2.45) is 0 Å². The van der Waals surface area contributed by atoms with Crippen molar-refractivity contribution in [1.29, 1.82) is 0 Å². The number of rotatable bonds is 5. The number of carboxylic acid groups (broad SMARTS) is 1. The minimum atomic E-state index is -0.946. The largest absolute Gasteiger partial charge is 0.478 e. The number of nitrogens with one attached hydrogen (secondary N) is 1. The van der Waals surface area contributed by atoms with Crippen LogP contribution >= 0.6 is 22.9 Å². The van der Waals surface area contributed by atoms with Gasteiger partial charge in [-0.05, 0) is 44.0 Å². The van der Waals surface area contributed by atoms with Crippen LogP contribution in [0.5, 0.6) is 0 Å². The van der Waals surface area contributed by atoms with Crippen LogP contribution in [-0.2, 0) is 0 Å². The molecule has 31 heavy (non-hydrogen) atoms. The molecule has 1 amide bonds. The predicted octanol–water partition coefficient (Wildman–Crippen LogP) is 4.87. The summed E-state index contributed by atoms with van der Waals surface area (Å²) in [5.74, 6) is -1.09. The van der Waals surface area contributed by atoms with E-state index in [4.69, 9.17) is 11.6 Å². The number of benzene rings is 2. The molecule has 0 saturated carbocycles. The third-order valence-electron chi connectivity index (χ3n) is 5.32. The van der Waals surface area contributed by atoms with Gasteiger partial charge in [-0.1, -0.05) is 35.9 Å². The summed E-state index contributed by atoms with van der Waals surface area (Å²) in [4.78, 5) is 31.5. The van der Waals surface area contributed by atoms with Crippen LogP contribution in [0.4, 0.5) is 5.69 Å². The van der Waals surface area contributed by atoms with Crippen molar-refractivity contribution in [3.8, 4) is 10.6 Å². The maximum absolute atomic E-state index is 13.0. The fourth-order valence-corrected chi connectivity index (χ4v) is 5.06. The summed E-state index contributed by atoms with van der Waals surface area (Å²) in [6.45, 7) is 3.28. The number of aryl methyl sites for hydroxylation is 1. The van der Waals surface area contributed by atoms with Crippen LogP contribution in [-0.4, -0.2) is 41.1 Å². The number of anilines is 1. The molecular weight excluding hydrogens is 434 g/mol. The summed E-state index contributed by atoms with van der Waals surface area (Å²) >= 11 is 7.62. The maximum atomic E-state index is 13.0. The normalized spacial score (nSPS) is 16.2. The molecule has 0 unspecified atom stereocenters. The first kappa shape index (κ1) is 21.3. The third kappa shape index (κ3) is 4.73. The van der Waals surface area contributed by atoms with Gasteiger partial charge < -0.3 is 15.3 Å². The average Bonchev–Trinajstić information content (AvgIpc) is 3.16. The Morgan fingerprint density at radius 1 is 1.23 bits per heavy atom. The highest BCUT2D eigenvalue weighted by molar-refractivity contribution is 7.17. The lowest BCUT2D eigenvalue weighted by Gasteiger charge is -2.34. The van der Waals surface area contributed by atoms with Crippen LogP contribution in [0, 0.1) is 6.92 Å². The molecular formula is C23H22ClN3O3S. The molecule has 2 heterocycles. The summed E-state index contributed by atoms with van der Waals surface area (Å²) in [6.07, 6.45) is 1.78. The zero-order valence-electron chi connectivity index (χ0n) is 17.0. The molecule has 160 valence electrons. The zero-order chi connectivity index (χ0) is 22.0. The first-order chi connectivity index (χ1) is 14.9. The number of thiazole rings is 1. The van der Waals surface area contributed by atoms with E-state index in [0.29, 0.717) is 22.1 Å². The summed E-state index contributed by atoms with van der Waals surface area (Å²) in [7, 11) is 0. The van der Waals surface area contributed by atoms with Crippen LogP contribution in [0.2, 0.25) is 5.02 Å². The predicted molar refractivity (Wildman–Crippen MR) is 123 cm³/mol. The Bertz CT molecular complexity index is 1130. The van der Waals surface area contributed by atoms with Gasteiger partial charge in [-0.2, -0.15) is 0 Å². The Labute approximate surface area is 189 Å². The van der Waals surface area contributed by atoms with Gasteiger partial charge in [0.15, 0.2) is 0 Å². The van der Waals surface area contributed by atoms with E-state index in [9.17, 15) is 14.7 Å². The van der Waals surface area contributed by atoms with E-state index in [1.807, 2.05) is 37.3 Å². The van der Waals surface area contributed by atoms with Crippen molar-refractivity contribution in [2.45, 2.75) is 25.8 Å².